The Morgan fingerprint density at radius 3 is 1.76 bits per heavy atom. The first-order chi connectivity index (χ1) is 24.8. The van der Waals surface area contributed by atoms with Gasteiger partial charge in [0.1, 0.15) is 11.2 Å². The Labute approximate surface area is 290 Å². The van der Waals surface area contributed by atoms with Crippen molar-refractivity contribution in [3.05, 3.63) is 152 Å². The molecule has 0 saturated carbocycles. The summed E-state index contributed by atoms with van der Waals surface area (Å²) in [5.41, 5.74) is 8.02. The minimum Gasteiger partial charge on any atom is -0.455 e. The van der Waals surface area contributed by atoms with E-state index in [1.165, 1.54) is 0 Å². The van der Waals surface area contributed by atoms with E-state index in [0.717, 1.165) is 75.8 Å². The number of para-hydroxylation sites is 2. The third-order valence-corrected chi connectivity index (χ3v) is 10.1. The molecule has 10 aromatic rings. The van der Waals surface area contributed by atoms with Crippen LogP contribution in [0.25, 0.3) is 99.1 Å². The first-order valence-corrected chi connectivity index (χ1v) is 17.2. The van der Waals surface area contributed by atoms with Crippen molar-refractivity contribution in [3.63, 3.8) is 0 Å². The second kappa shape index (κ2) is 11.5. The van der Waals surface area contributed by atoms with Gasteiger partial charge in [-0.1, -0.05) is 121 Å². The summed E-state index contributed by atoms with van der Waals surface area (Å²) in [6.07, 6.45) is 0. The summed E-state index contributed by atoms with van der Waals surface area (Å²) in [7, 11) is 0. The number of hydrogen-bond donors (Lipinski definition) is 0. The van der Waals surface area contributed by atoms with Crippen molar-refractivity contribution >= 4 is 53.6 Å². The molecule has 0 amide bonds. The molecular weight excluding hydrogens is 635 g/mol. The Balaban J connectivity index is 1.20. The number of benzene rings is 6. The van der Waals surface area contributed by atoms with Crippen LogP contribution >= 0.6 is 11.3 Å². The van der Waals surface area contributed by atoms with E-state index >= 15 is 0 Å². The first-order valence-electron chi connectivity index (χ1n) is 16.3. The maximum absolute atomic E-state index is 6.41. The average Bonchev–Trinajstić information content (AvgIpc) is 3.76. The maximum Gasteiger partial charge on any atom is 0.167 e. The highest BCUT2D eigenvalue weighted by atomic mass is 32.1. The van der Waals surface area contributed by atoms with Crippen LogP contribution in [0.2, 0.25) is 0 Å². The van der Waals surface area contributed by atoms with Crippen LogP contribution in [0.15, 0.2) is 156 Å². The second-order valence-electron chi connectivity index (χ2n) is 12.1. The number of fused-ring (bicyclic) bond motifs is 6. The summed E-state index contributed by atoms with van der Waals surface area (Å²) < 4.78 is 8.56. The van der Waals surface area contributed by atoms with Gasteiger partial charge in [-0.2, -0.15) is 0 Å². The quantitative estimate of drug-likeness (QED) is 0.183. The third kappa shape index (κ3) is 4.75. The van der Waals surface area contributed by atoms with Gasteiger partial charge < -0.3 is 4.42 Å². The van der Waals surface area contributed by atoms with Crippen molar-refractivity contribution in [2.24, 2.45) is 0 Å². The van der Waals surface area contributed by atoms with Crippen LogP contribution < -0.4 is 0 Å². The van der Waals surface area contributed by atoms with E-state index in [0.29, 0.717) is 23.3 Å². The van der Waals surface area contributed by atoms with Crippen molar-refractivity contribution in [3.8, 4) is 56.8 Å². The smallest absolute Gasteiger partial charge is 0.167 e. The molecule has 0 aliphatic heterocycles. The van der Waals surface area contributed by atoms with Gasteiger partial charge in [-0.05, 0) is 30.3 Å². The zero-order chi connectivity index (χ0) is 33.0. The molecule has 0 aliphatic rings. The number of nitrogens with zero attached hydrogens (tertiary/aromatic N) is 5. The fraction of sp³-hybridized carbons (Fsp3) is 0. The Hall–Kier alpha value is -6.57. The van der Waals surface area contributed by atoms with Gasteiger partial charge in [0.15, 0.2) is 23.3 Å². The van der Waals surface area contributed by atoms with Crippen LogP contribution in [-0.4, -0.2) is 24.9 Å². The molecule has 0 bridgehead atoms. The molecule has 7 heteroatoms. The zero-order valence-corrected chi connectivity index (χ0v) is 27.3. The van der Waals surface area contributed by atoms with Gasteiger partial charge in [-0.3, -0.25) is 0 Å². The Morgan fingerprint density at radius 2 is 1.02 bits per heavy atom. The lowest BCUT2D eigenvalue weighted by molar-refractivity contribution is 0.669. The molecule has 0 saturated heterocycles. The van der Waals surface area contributed by atoms with Crippen LogP contribution in [0.5, 0.6) is 0 Å². The molecule has 0 radical (unpaired) electrons. The molecule has 0 N–H and O–H groups in total. The largest absolute Gasteiger partial charge is 0.455 e. The maximum atomic E-state index is 6.41. The number of hydrogen-bond acceptors (Lipinski definition) is 7. The van der Waals surface area contributed by atoms with Gasteiger partial charge >= 0.3 is 0 Å². The number of rotatable bonds is 5. The van der Waals surface area contributed by atoms with Gasteiger partial charge in [0.25, 0.3) is 0 Å². The van der Waals surface area contributed by atoms with E-state index in [-0.39, 0.29) is 0 Å². The fourth-order valence-electron chi connectivity index (χ4n) is 6.56. The topological polar surface area (TPSA) is 77.6 Å². The van der Waals surface area contributed by atoms with Crippen molar-refractivity contribution in [2.75, 3.05) is 0 Å². The molecule has 0 atom stereocenters. The first kappa shape index (κ1) is 28.4. The van der Waals surface area contributed by atoms with E-state index in [1.807, 2.05) is 97.1 Å². The molecule has 4 aromatic heterocycles. The van der Waals surface area contributed by atoms with Crippen molar-refractivity contribution in [1.29, 1.82) is 0 Å². The van der Waals surface area contributed by atoms with Crippen LogP contribution in [-0.2, 0) is 0 Å². The van der Waals surface area contributed by atoms with E-state index < -0.39 is 0 Å². The summed E-state index contributed by atoms with van der Waals surface area (Å²) >= 11 is 1.70. The average molecular weight is 660 g/mol. The monoisotopic (exact) mass is 659 g/mol. The third-order valence-electron chi connectivity index (χ3n) is 8.96. The van der Waals surface area contributed by atoms with E-state index in [4.69, 9.17) is 29.3 Å². The summed E-state index contributed by atoms with van der Waals surface area (Å²) in [6.45, 7) is 0. The number of furan rings is 1. The summed E-state index contributed by atoms with van der Waals surface area (Å²) in [6, 6.07) is 51.1. The SMILES string of the molecule is c1ccc(-c2nc(-c3ccc4sc5c(-c6ccccc6)nc(-c6ccccc6)nc5c4c3)nc(-c3cccc4c3oc3ccccc34)n2)cc1. The van der Waals surface area contributed by atoms with E-state index in [2.05, 4.69) is 54.6 Å². The lowest BCUT2D eigenvalue weighted by Gasteiger charge is -2.09. The molecule has 6 nitrogen and oxygen atoms in total. The van der Waals surface area contributed by atoms with Gasteiger partial charge in [0.2, 0.25) is 0 Å². The van der Waals surface area contributed by atoms with Gasteiger partial charge in [-0.25, -0.2) is 24.9 Å². The molecule has 234 valence electrons. The van der Waals surface area contributed by atoms with Gasteiger partial charge in [-0.15, -0.1) is 11.3 Å². The minimum absolute atomic E-state index is 0.550. The molecule has 6 aromatic carbocycles. The highest BCUT2D eigenvalue weighted by Crippen LogP contribution is 2.41. The molecule has 0 fully saturated rings. The Bertz CT molecular complexity index is 2870. The highest BCUT2D eigenvalue weighted by molar-refractivity contribution is 7.26. The molecule has 50 heavy (non-hydrogen) atoms. The number of thiophene rings is 1. The Morgan fingerprint density at radius 1 is 0.420 bits per heavy atom. The van der Waals surface area contributed by atoms with Crippen molar-refractivity contribution in [1.82, 2.24) is 24.9 Å². The zero-order valence-electron chi connectivity index (χ0n) is 26.5. The Kier molecular flexibility index (Phi) is 6.57. The number of aromatic nitrogens is 5. The molecule has 0 aliphatic carbocycles. The lowest BCUT2D eigenvalue weighted by atomic mass is 10.1. The van der Waals surface area contributed by atoms with Crippen LogP contribution in [0, 0.1) is 0 Å². The van der Waals surface area contributed by atoms with Gasteiger partial charge in [0, 0.05) is 43.1 Å². The highest BCUT2D eigenvalue weighted by Gasteiger charge is 2.20. The predicted molar refractivity (Wildman–Crippen MR) is 203 cm³/mol. The predicted octanol–water partition coefficient (Wildman–Crippen LogP) is 11.3. The summed E-state index contributed by atoms with van der Waals surface area (Å²) in [5.74, 6) is 2.40. The van der Waals surface area contributed by atoms with Gasteiger partial charge in [0.05, 0.1) is 21.5 Å². The summed E-state index contributed by atoms with van der Waals surface area (Å²) in [5, 5.41) is 3.11. The molecular formula is C43H25N5OS. The van der Waals surface area contributed by atoms with Crippen LogP contribution in [0.1, 0.15) is 0 Å². The lowest BCUT2D eigenvalue weighted by Crippen LogP contribution is -2.00. The van der Waals surface area contributed by atoms with Crippen molar-refractivity contribution < 1.29 is 4.42 Å². The van der Waals surface area contributed by atoms with E-state index in [9.17, 15) is 0 Å². The molecule has 4 heterocycles. The normalized spacial score (nSPS) is 11.6. The molecule has 10 rings (SSSR count). The van der Waals surface area contributed by atoms with Crippen LogP contribution in [0.3, 0.4) is 0 Å². The molecule has 0 unspecified atom stereocenters. The van der Waals surface area contributed by atoms with Crippen molar-refractivity contribution in [2.45, 2.75) is 0 Å². The second-order valence-corrected chi connectivity index (χ2v) is 13.1. The van der Waals surface area contributed by atoms with E-state index in [1.54, 1.807) is 11.3 Å². The minimum atomic E-state index is 0.550. The summed E-state index contributed by atoms with van der Waals surface area (Å²) in [4.78, 5) is 25.4. The fourth-order valence-corrected chi connectivity index (χ4v) is 7.69. The standard InChI is InChI=1S/C43H25N5OS/c1-4-13-26(14-5-1)36-39-37(45-40(44-36)27-15-6-2-7-16-27)33-25-29(23-24-35(33)50-39)42-46-41(28-17-8-3-9-18-28)47-43(48-42)32-21-12-20-31-30-19-10-11-22-34(30)49-38(31)32/h1-25H. The van der Waals surface area contributed by atoms with Crippen LogP contribution in [0.4, 0.5) is 0 Å². The molecule has 0 spiro atoms.